The Balaban J connectivity index is 2.35. The van der Waals surface area contributed by atoms with Crippen LogP contribution in [0.4, 0.5) is 4.79 Å². The van der Waals surface area contributed by atoms with E-state index in [2.05, 4.69) is 10.5 Å². The number of hydrogen-bond acceptors (Lipinski definition) is 6. The van der Waals surface area contributed by atoms with Crippen LogP contribution in [-0.4, -0.2) is 27.8 Å². The normalized spacial score (nSPS) is 11.3. The Hall–Kier alpha value is -2.34. The molecule has 138 valence electrons. The number of hydrogen-bond donors (Lipinski definition) is 2. The summed E-state index contributed by atoms with van der Waals surface area (Å²) in [5, 5.41) is 3.65. The molecule has 0 aromatic heterocycles. The lowest BCUT2D eigenvalue weighted by Gasteiger charge is -2.13. The highest BCUT2D eigenvalue weighted by Gasteiger charge is 2.21. The monoisotopic (exact) mass is 489 g/mol. The summed E-state index contributed by atoms with van der Waals surface area (Å²) in [4.78, 5) is 10.7. The van der Waals surface area contributed by atoms with E-state index in [1.54, 1.807) is 18.2 Å². The minimum Gasteiger partial charge on any atom is -0.493 e. The molecule has 2 rings (SSSR count). The number of primary amides is 1. The summed E-state index contributed by atoms with van der Waals surface area (Å²) in [6, 6.07) is 8.66. The van der Waals surface area contributed by atoms with Gasteiger partial charge in [-0.3, -0.25) is 0 Å². The van der Waals surface area contributed by atoms with Crippen LogP contribution in [0.15, 0.2) is 46.4 Å². The number of ether oxygens (including phenoxy) is 1. The number of rotatable bonds is 6. The maximum Gasteiger partial charge on any atom is 0.339 e. The smallest absolute Gasteiger partial charge is 0.339 e. The zero-order valence-electron chi connectivity index (χ0n) is 13.9. The highest BCUT2D eigenvalue weighted by molar-refractivity contribution is 14.1. The average Bonchev–Trinajstić information content (AvgIpc) is 2.57. The van der Waals surface area contributed by atoms with Crippen LogP contribution in [0.3, 0.4) is 0 Å². The minimum atomic E-state index is -4.02. The summed E-state index contributed by atoms with van der Waals surface area (Å²) in [5.41, 5.74) is 8.48. The quantitative estimate of drug-likeness (QED) is 0.280. The molecule has 0 spiro atoms. The lowest BCUT2D eigenvalue weighted by atomic mass is 10.2. The first-order chi connectivity index (χ1) is 12.2. The third kappa shape index (κ3) is 5.08. The number of carbonyl (C=O) groups excluding carboxylic acids is 1. The van der Waals surface area contributed by atoms with Gasteiger partial charge in [-0.1, -0.05) is 17.7 Å². The lowest BCUT2D eigenvalue weighted by molar-refractivity contribution is 0.249. The molecule has 0 unspecified atom stereocenters. The van der Waals surface area contributed by atoms with Crippen LogP contribution in [0.1, 0.15) is 11.1 Å². The topological polar surface area (TPSA) is 120 Å². The Morgan fingerprint density at radius 2 is 1.92 bits per heavy atom. The standard InChI is InChI=1S/C16H16IN3O5S/c1-10-3-5-12(6-4-10)26(22,23)25-15-13(17)7-11(8-14(15)24-2)9-19-20-16(18)21/h3-9H,1-2H3,(H3,18,20,21). The van der Waals surface area contributed by atoms with Crippen molar-refractivity contribution in [2.24, 2.45) is 10.8 Å². The summed E-state index contributed by atoms with van der Waals surface area (Å²) in [5.74, 6) is 0.266. The van der Waals surface area contributed by atoms with Gasteiger partial charge in [-0.05, 0) is 59.3 Å². The Morgan fingerprint density at radius 1 is 1.27 bits per heavy atom. The summed E-state index contributed by atoms with van der Waals surface area (Å²) in [6.07, 6.45) is 1.34. The SMILES string of the molecule is COc1cc(C=NNC(N)=O)cc(I)c1OS(=O)(=O)c1ccc(C)cc1. The van der Waals surface area contributed by atoms with Crippen LogP contribution in [0.5, 0.6) is 11.5 Å². The summed E-state index contributed by atoms with van der Waals surface area (Å²) in [6.45, 7) is 1.86. The summed E-state index contributed by atoms with van der Waals surface area (Å²) >= 11 is 1.92. The second-order valence-electron chi connectivity index (χ2n) is 5.12. The van der Waals surface area contributed by atoms with Gasteiger partial charge in [0.25, 0.3) is 0 Å². The van der Waals surface area contributed by atoms with E-state index >= 15 is 0 Å². The third-order valence-corrected chi connectivity index (χ3v) is 5.18. The Labute approximate surface area is 164 Å². The van der Waals surface area contributed by atoms with Gasteiger partial charge in [0.1, 0.15) is 4.90 Å². The molecular weight excluding hydrogens is 473 g/mol. The van der Waals surface area contributed by atoms with Crippen molar-refractivity contribution in [1.29, 1.82) is 0 Å². The molecule has 0 aliphatic heterocycles. The van der Waals surface area contributed by atoms with Gasteiger partial charge in [-0.2, -0.15) is 13.5 Å². The molecule has 0 aliphatic rings. The zero-order valence-corrected chi connectivity index (χ0v) is 16.9. The van der Waals surface area contributed by atoms with Crippen LogP contribution >= 0.6 is 22.6 Å². The van der Waals surface area contributed by atoms with Crippen molar-refractivity contribution in [3.05, 3.63) is 51.1 Å². The average molecular weight is 489 g/mol. The molecule has 0 radical (unpaired) electrons. The molecule has 0 fully saturated rings. The second-order valence-corrected chi connectivity index (χ2v) is 7.83. The van der Waals surface area contributed by atoms with E-state index in [1.807, 2.05) is 29.5 Å². The van der Waals surface area contributed by atoms with Crippen LogP contribution in [-0.2, 0) is 10.1 Å². The molecule has 2 aromatic carbocycles. The predicted molar refractivity (Wildman–Crippen MR) is 105 cm³/mol. The number of amides is 2. The highest BCUT2D eigenvalue weighted by atomic mass is 127. The van der Waals surface area contributed by atoms with E-state index < -0.39 is 16.1 Å². The molecule has 0 heterocycles. The predicted octanol–water partition coefficient (Wildman–Crippen LogP) is 2.38. The minimum absolute atomic E-state index is 0.0391. The van der Waals surface area contributed by atoms with Crippen LogP contribution < -0.4 is 20.1 Å². The van der Waals surface area contributed by atoms with Gasteiger partial charge >= 0.3 is 16.1 Å². The molecule has 0 bridgehead atoms. The van der Waals surface area contributed by atoms with Crippen molar-refractivity contribution in [2.45, 2.75) is 11.8 Å². The van der Waals surface area contributed by atoms with Crippen LogP contribution in [0, 0.1) is 10.5 Å². The molecule has 0 saturated carbocycles. The third-order valence-electron chi connectivity index (χ3n) is 3.14. The van der Waals surface area contributed by atoms with Gasteiger partial charge in [0.15, 0.2) is 11.5 Å². The number of nitrogens with zero attached hydrogens (tertiary/aromatic N) is 1. The van der Waals surface area contributed by atoms with E-state index in [0.29, 0.717) is 9.13 Å². The van der Waals surface area contributed by atoms with Gasteiger partial charge in [-0.25, -0.2) is 10.2 Å². The highest BCUT2D eigenvalue weighted by Crippen LogP contribution is 2.35. The first-order valence-corrected chi connectivity index (χ1v) is 9.69. The van der Waals surface area contributed by atoms with Crippen LogP contribution in [0.2, 0.25) is 0 Å². The molecule has 10 heteroatoms. The van der Waals surface area contributed by atoms with Gasteiger partial charge in [0, 0.05) is 0 Å². The van der Waals surface area contributed by atoms with Crippen LogP contribution in [0.25, 0.3) is 0 Å². The molecule has 3 N–H and O–H groups in total. The Morgan fingerprint density at radius 3 is 2.50 bits per heavy atom. The van der Waals surface area contributed by atoms with Gasteiger partial charge in [0.2, 0.25) is 0 Å². The number of benzene rings is 2. The maximum absolute atomic E-state index is 12.5. The van der Waals surface area contributed by atoms with E-state index in [9.17, 15) is 13.2 Å². The maximum atomic E-state index is 12.5. The Kier molecular flexibility index (Phi) is 6.42. The summed E-state index contributed by atoms with van der Waals surface area (Å²) in [7, 11) is -2.63. The van der Waals surface area contributed by atoms with Crippen molar-refractivity contribution in [1.82, 2.24) is 5.43 Å². The first kappa shape index (κ1) is 20.0. The van der Waals surface area contributed by atoms with Gasteiger partial charge in [-0.15, -0.1) is 0 Å². The molecule has 0 atom stereocenters. The van der Waals surface area contributed by atoms with Gasteiger partial charge < -0.3 is 14.7 Å². The molecule has 2 amide bonds. The number of hydrazone groups is 1. The van der Waals surface area contributed by atoms with E-state index in [0.717, 1.165) is 5.56 Å². The molecule has 8 nitrogen and oxygen atoms in total. The molecule has 26 heavy (non-hydrogen) atoms. The van der Waals surface area contributed by atoms with Gasteiger partial charge in [0.05, 0.1) is 16.9 Å². The molecule has 2 aromatic rings. The number of nitrogens with two attached hydrogens (primary N) is 1. The Bertz CT molecular complexity index is 943. The fourth-order valence-corrected chi connectivity index (χ4v) is 3.77. The van der Waals surface area contributed by atoms with E-state index in [1.165, 1.54) is 31.5 Å². The number of methoxy groups -OCH3 is 1. The van der Waals surface area contributed by atoms with E-state index in [-0.39, 0.29) is 16.4 Å². The second kappa shape index (κ2) is 8.36. The van der Waals surface area contributed by atoms with E-state index in [4.69, 9.17) is 14.7 Å². The summed E-state index contributed by atoms with van der Waals surface area (Å²) < 4.78 is 36.0. The number of nitrogens with one attached hydrogen (secondary N) is 1. The fraction of sp³-hybridized carbons (Fsp3) is 0.125. The van der Waals surface area contributed by atoms with Crippen molar-refractivity contribution in [2.75, 3.05) is 7.11 Å². The number of aryl methyl sites for hydroxylation is 1. The first-order valence-electron chi connectivity index (χ1n) is 7.20. The number of urea groups is 1. The number of carbonyl (C=O) groups is 1. The lowest BCUT2D eigenvalue weighted by Crippen LogP contribution is -2.24. The van der Waals surface area contributed by atoms with Crippen molar-refractivity contribution < 1.29 is 22.1 Å². The molecular formula is C16H16IN3O5S. The molecule has 0 saturated heterocycles. The van der Waals surface area contributed by atoms with Crippen molar-refractivity contribution >= 4 is 45.0 Å². The fourth-order valence-electron chi connectivity index (χ4n) is 1.93. The zero-order chi connectivity index (χ0) is 19.3. The largest absolute Gasteiger partial charge is 0.493 e. The van der Waals surface area contributed by atoms with Crippen molar-refractivity contribution in [3.8, 4) is 11.5 Å². The number of halogens is 1. The molecule has 0 aliphatic carbocycles. The van der Waals surface area contributed by atoms with Crippen molar-refractivity contribution in [3.63, 3.8) is 0 Å².